The minimum Gasteiger partial charge on any atom is -0.493 e. The smallest absolute Gasteiger partial charge is 0.226 e. The van der Waals surface area contributed by atoms with Crippen LogP contribution in [0.3, 0.4) is 0 Å². The number of ether oxygens (including phenoxy) is 1. The SMILES string of the molecule is CCCOc1ccccc1C1C(C(C)=O)=C(C)Nc2ncnn21. The van der Waals surface area contributed by atoms with Crippen LogP contribution < -0.4 is 10.1 Å². The number of nitrogens with one attached hydrogen (secondary N) is 1. The van der Waals surface area contributed by atoms with E-state index in [1.54, 1.807) is 11.6 Å². The number of aromatic nitrogens is 3. The first-order valence-electron chi connectivity index (χ1n) is 7.73. The highest BCUT2D eigenvalue weighted by Crippen LogP contribution is 2.38. The van der Waals surface area contributed by atoms with Gasteiger partial charge in [-0.25, -0.2) is 4.68 Å². The lowest BCUT2D eigenvalue weighted by Gasteiger charge is -2.29. The van der Waals surface area contributed by atoms with Gasteiger partial charge in [0.1, 0.15) is 18.1 Å². The Bertz CT molecular complexity index is 763. The normalized spacial score (nSPS) is 16.7. The lowest BCUT2D eigenvalue weighted by molar-refractivity contribution is -0.114. The van der Waals surface area contributed by atoms with Crippen molar-refractivity contribution in [3.05, 3.63) is 47.4 Å². The van der Waals surface area contributed by atoms with Crippen molar-refractivity contribution in [1.29, 1.82) is 0 Å². The van der Waals surface area contributed by atoms with E-state index >= 15 is 0 Å². The van der Waals surface area contributed by atoms with Gasteiger partial charge in [-0.15, -0.1) is 0 Å². The van der Waals surface area contributed by atoms with Crippen LogP contribution in [-0.4, -0.2) is 27.2 Å². The van der Waals surface area contributed by atoms with Crippen LogP contribution in [0.2, 0.25) is 0 Å². The molecule has 0 aliphatic carbocycles. The van der Waals surface area contributed by atoms with Crippen molar-refractivity contribution in [3.8, 4) is 5.75 Å². The third-order valence-corrected chi connectivity index (χ3v) is 3.85. The molecular weight excluding hydrogens is 292 g/mol. The Morgan fingerprint density at radius 2 is 2.17 bits per heavy atom. The number of hydrogen-bond donors (Lipinski definition) is 1. The van der Waals surface area contributed by atoms with Gasteiger partial charge in [0.05, 0.1) is 6.61 Å². The number of benzene rings is 1. The maximum atomic E-state index is 12.2. The monoisotopic (exact) mass is 312 g/mol. The van der Waals surface area contributed by atoms with E-state index in [0.29, 0.717) is 18.1 Å². The van der Waals surface area contributed by atoms with Gasteiger partial charge in [0.15, 0.2) is 5.78 Å². The van der Waals surface area contributed by atoms with Crippen LogP contribution in [0.5, 0.6) is 5.75 Å². The Kier molecular flexibility index (Phi) is 4.14. The third-order valence-electron chi connectivity index (χ3n) is 3.85. The molecule has 1 aliphatic heterocycles. The van der Waals surface area contributed by atoms with E-state index in [1.807, 2.05) is 31.2 Å². The Morgan fingerprint density at radius 1 is 1.39 bits per heavy atom. The molecule has 1 unspecified atom stereocenters. The maximum absolute atomic E-state index is 12.2. The molecule has 2 aromatic rings. The largest absolute Gasteiger partial charge is 0.493 e. The number of nitrogens with zero attached hydrogens (tertiary/aromatic N) is 3. The number of carbonyl (C=O) groups excluding carboxylic acids is 1. The molecule has 0 amide bonds. The van der Waals surface area contributed by atoms with Crippen molar-refractivity contribution in [2.24, 2.45) is 0 Å². The van der Waals surface area contributed by atoms with Crippen molar-refractivity contribution in [1.82, 2.24) is 14.8 Å². The van der Waals surface area contributed by atoms with Crippen LogP contribution in [0.4, 0.5) is 5.95 Å². The van der Waals surface area contributed by atoms with Gasteiger partial charge in [-0.2, -0.15) is 10.1 Å². The van der Waals surface area contributed by atoms with Crippen LogP contribution in [0.25, 0.3) is 0 Å². The summed E-state index contributed by atoms with van der Waals surface area (Å²) in [5.41, 5.74) is 2.39. The van der Waals surface area contributed by atoms with Crippen LogP contribution in [-0.2, 0) is 4.79 Å². The molecule has 6 heteroatoms. The summed E-state index contributed by atoms with van der Waals surface area (Å²) in [6.45, 7) is 6.15. The second-order valence-corrected chi connectivity index (χ2v) is 5.54. The summed E-state index contributed by atoms with van der Waals surface area (Å²) < 4.78 is 7.61. The molecule has 0 saturated carbocycles. The first kappa shape index (κ1) is 15.3. The standard InChI is InChI=1S/C17H20N4O2/c1-4-9-23-14-8-6-5-7-13(14)16-15(12(3)22)11(2)20-17-18-10-19-21(16)17/h5-8,10,16H,4,9H2,1-3H3,(H,18,19,20). The van der Waals surface area contributed by atoms with Gasteiger partial charge in [-0.05, 0) is 26.3 Å². The number of allylic oxidation sites excluding steroid dienone is 2. The maximum Gasteiger partial charge on any atom is 0.226 e. The van der Waals surface area contributed by atoms with Gasteiger partial charge in [-0.3, -0.25) is 4.79 Å². The van der Waals surface area contributed by atoms with Gasteiger partial charge in [-0.1, -0.05) is 25.1 Å². The molecule has 23 heavy (non-hydrogen) atoms. The first-order chi connectivity index (χ1) is 11.1. The second kappa shape index (κ2) is 6.24. The highest BCUT2D eigenvalue weighted by atomic mass is 16.5. The predicted octanol–water partition coefficient (Wildman–Crippen LogP) is 2.94. The van der Waals surface area contributed by atoms with E-state index < -0.39 is 0 Å². The molecule has 1 aliphatic rings. The average Bonchev–Trinajstić information content (AvgIpc) is 2.99. The quantitative estimate of drug-likeness (QED) is 0.919. The number of anilines is 1. The molecule has 2 heterocycles. The summed E-state index contributed by atoms with van der Waals surface area (Å²) in [4.78, 5) is 16.5. The summed E-state index contributed by atoms with van der Waals surface area (Å²) in [7, 11) is 0. The molecule has 3 rings (SSSR count). The average molecular weight is 312 g/mol. The summed E-state index contributed by atoms with van der Waals surface area (Å²) in [5, 5.41) is 7.45. The summed E-state index contributed by atoms with van der Waals surface area (Å²) in [6, 6.07) is 7.44. The first-order valence-corrected chi connectivity index (χ1v) is 7.73. The minimum absolute atomic E-state index is 0.00597. The Balaban J connectivity index is 2.15. The molecule has 0 radical (unpaired) electrons. The zero-order valence-electron chi connectivity index (χ0n) is 13.5. The summed E-state index contributed by atoms with van der Waals surface area (Å²) in [6.07, 6.45) is 2.41. The number of carbonyl (C=O) groups is 1. The number of fused-ring (bicyclic) bond motifs is 1. The van der Waals surface area contributed by atoms with Crippen LogP contribution in [0.15, 0.2) is 41.9 Å². The molecule has 1 aromatic heterocycles. The van der Waals surface area contributed by atoms with Crippen LogP contribution in [0.1, 0.15) is 38.8 Å². The lowest BCUT2D eigenvalue weighted by atomic mass is 9.92. The van der Waals surface area contributed by atoms with E-state index in [4.69, 9.17) is 4.74 Å². The predicted molar refractivity (Wildman–Crippen MR) is 87.4 cm³/mol. The highest BCUT2D eigenvalue weighted by Gasteiger charge is 2.33. The number of ketones is 1. The lowest BCUT2D eigenvalue weighted by Crippen LogP contribution is -2.28. The fourth-order valence-corrected chi connectivity index (χ4v) is 2.88. The molecule has 1 N–H and O–H groups in total. The van der Waals surface area contributed by atoms with E-state index in [9.17, 15) is 4.79 Å². The molecule has 1 aromatic carbocycles. The molecule has 0 fully saturated rings. The van der Waals surface area contributed by atoms with E-state index in [-0.39, 0.29) is 11.8 Å². The van der Waals surface area contributed by atoms with E-state index in [0.717, 1.165) is 23.4 Å². The van der Waals surface area contributed by atoms with Crippen molar-refractivity contribution in [2.75, 3.05) is 11.9 Å². The van der Waals surface area contributed by atoms with Crippen molar-refractivity contribution in [3.63, 3.8) is 0 Å². The molecule has 1 atom stereocenters. The summed E-state index contributed by atoms with van der Waals surface area (Å²) in [5.74, 6) is 1.41. The minimum atomic E-state index is -0.334. The van der Waals surface area contributed by atoms with Gasteiger partial charge in [0.2, 0.25) is 5.95 Å². The van der Waals surface area contributed by atoms with Gasteiger partial charge < -0.3 is 10.1 Å². The highest BCUT2D eigenvalue weighted by molar-refractivity contribution is 5.96. The third kappa shape index (κ3) is 2.72. The zero-order valence-corrected chi connectivity index (χ0v) is 13.5. The molecular formula is C17H20N4O2. The van der Waals surface area contributed by atoms with Gasteiger partial charge >= 0.3 is 0 Å². The fourth-order valence-electron chi connectivity index (χ4n) is 2.88. The zero-order chi connectivity index (χ0) is 16.4. The van der Waals surface area contributed by atoms with Crippen LogP contribution in [0, 0.1) is 0 Å². The van der Waals surface area contributed by atoms with Crippen molar-refractivity contribution >= 4 is 11.7 Å². The number of hydrogen-bond acceptors (Lipinski definition) is 5. The van der Waals surface area contributed by atoms with E-state index in [1.165, 1.54) is 6.33 Å². The number of para-hydroxylation sites is 1. The Labute approximate surface area is 135 Å². The molecule has 0 spiro atoms. The topological polar surface area (TPSA) is 69.0 Å². The van der Waals surface area contributed by atoms with Gasteiger partial charge in [0.25, 0.3) is 0 Å². The number of Topliss-reactive ketones (excluding diaryl/α,β-unsaturated/α-hetero) is 1. The Morgan fingerprint density at radius 3 is 2.91 bits per heavy atom. The molecule has 120 valence electrons. The van der Waals surface area contributed by atoms with E-state index in [2.05, 4.69) is 22.3 Å². The number of rotatable bonds is 5. The summed E-state index contributed by atoms with van der Waals surface area (Å²) >= 11 is 0. The fraction of sp³-hybridized carbons (Fsp3) is 0.353. The molecule has 0 saturated heterocycles. The Hall–Kier alpha value is -2.63. The van der Waals surface area contributed by atoms with Crippen molar-refractivity contribution in [2.45, 2.75) is 33.2 Å². The van der Waals surface area contributed by atoms with Gasteiger partial charge in [0, 0.05) is 16.8 Å². The van der Waals surface area contributed by atoms with Crippen LogP contribution >= 0.6 is 0 Å². The second-order valence-electron chi connectivity index (χ2n) is 5.54. The van der Waals surface area contributed by atoms with Crippen molar-refractivity contribution < 1.29 is 9.53 Å². The molecule has 6 nitrogen and oxygen atoms in total. The molecule has 0 bridgehead atoms.